The summed E-state index contributed by atoms with van der Waals surface area (Å²) in [6, 6.07) is 40.8. The molecule has 6 aromatic rings. The second-order valence-corrected chi connectivity index (χ2v) is 11.3. The van der Waals surface area contributed by atoms with Crippen molar-refractivity contribution in [1.82, 2.24) is 0 Å². The topological polar surface area (TPSA) is 80.9 Å². The van der Waals surface area contributed by atoms with Crippen LogP contribution in [0.3, 0.4) is 0 Å². The van der Waals surface area contributed by atoms with E-state index >= 15 is 0 Å². The Kier molecular flexibility index (Phi) is 10.5. The van der Waals surface area contributed by atoms with Gasteiger partial charge in [-0.25, -0.2) is 0 Å². The van der Waals surface area contributed by atoms with Gasteiger partial charge in [-0.15, -0.1) is 0 Å². The zero-order chi connectivity index (χ0) is 30.7. The molecule has 1 atom stereocenters. The van der Waals surface area contributed by atoms with E-state index in [2.05, 4.69) is 24.3 Å². The Labute approximate surface area is 259 Å². The molecular formula is C40H40O4. The molecular weight excluding hydrogens is 544 g/mol. The maximum Gasteiger partial charge on any atom is 0.123 e. The van der Waals surface area contributed by atoms with Crippen molar-refractivity contribution in [1.29, 1.82) is 0 Å². The predicted molar refractivity (Wildman–Crippen MR) is 180 cm³/mol. The summed E-state index contributed by atoms with van der Waals surface area (Å²) >= 11 is 0. The maximum atomic E-state index is 9.46. The van der Waals surface area contributed by atoms with Gasteiger partial charge >= 0.3 is 0 Å². The minimum Gasteiger partial charge on any atom is -0.508 e. The zero-order valence-corrected chi connectivity index (χ0v) is 24.9. The average molecular weight is 585 g/mol. The molecule has 0 saturated carbocycles. The molecule has 2 aliphatic carbocycles. The van der Waals surface area contributed by atoms with Crippen molar-refractivity contribution in [2.75, 3.05) is 0 Å². The lowest BCUT2D eigenvalue weighted by atomic mass is 9.90. The first-order valence-electron chi connectivity index (χ1n) is 15.4. The van der Waals surface area contributed by atoms with Crippen molar-refractivity contribution in [2.24, 2.45) is 0 Å². The molecule has 1 unspecified atom stereocenters. The third-order valence-corrected chi connectivity index (χ3v) is 8.19. The van der Waals surface area contributed by atoms with E-state index in [1.807, 2.05) is 78.9 Å². The third-order valence-electron chi connectivity index (χ3n) is 8.19. The number of fused-ring (bicyclic) bond motifs is 4. The molecule has 0 radical (unpaired) electrons. The monoisotopic (exact) mass is 584 g/mol. The highest BCUT2D eigenvalue weighted by atomic mass is 16.3. The summed E-state index contributed by atoms with van der Waals surface area (Å²) in [7, 11) is 0. The molecule has 0 bridgehead atoms. The Morgan fingerprint density at radius 1 is 0.477 bits per heavy atom. The van der Waals surface area contributed by atoms with Gasteiger partial charge in [-0.3, -0.25) is 0 Å². The predicted octanol–water partition coefficient (Wildman–Crippen LogP) is 8.90. The van der Waals surface area contributed by atoms with E-state index in [4.69, 9.17) is 5.11 Å². The Bertz CT molecular complexity index is 1800. The lowest BCUT2D eigenvalue weighted by Gasteiger charge is -2.19. The minimum absolute atomic E-state index is 0.107. The van der Waals surface area contributed by atoms with Crippen LogP contribution in [0.25, 0.3) is 21.5 Å². The Morgan fingerprint density at radius 2 is 1.09 bits per heavy atom. The standard InChI is InChI=1S/C10H12O.C10H8O.C10H12O.C10H8O/c2*11-10-7-3-5-8-4-1-2-6-9(8)10;2*11-10-6-5-8-3-1-2-4-9(8)7-10/h3,5,7,11H,1-2,4,6H2;1-7,11H;1-4,10-11H,5-7H2;1-7,11H. The molecule has 8 rings (SSSR count). The van der Waals surface area contributed by atoms with E-state index in [1.165, 1.54) is 35.1 Å². The third kappa shape index (κ3) is 8.18. The zero-order valence-electron chi connectivity index (χ0n) is 24.9. The van der Waals surface area contributed by atoms with E-state index in [9.17, 15) is 15.3 Å². The van der Waals surface area contributed by atoms with Gasteiger partial charge < -0.3 is 20.4 Å². The largest absolute Gasteiger partial charge is 0.508 e. The summed E-state index contributed by atoms with van der Waals surface area (Å²) in [5.74, 6) is 1.16. The van der Waals surface area contributed by atoms with Gasteiger partial charge in [0.2, 0.25) is 0 Å². The maximum absolute atomic E-state index is 9.46. The lowest BCUT2D eigenvalue weighted by Crippen LogP contribution is -2.18. The molecule has 0 aromatic heterocycles. The first-order valence-corrected chi connectivity index (χ1v) is 15.4. The molecule has 0 spiro atoms. The fraction of sp³-hybridized carbons (Fsp3) is 0.200. The molecule has 0 amide bonds. The second-order valence-electron chi connectivity index (χ2n) is 11.3. The van der Waals surface area contributed by atoms with Crippen LogP contribution >= 0.6 is 0 Å². The van der Waals surface area contributed by atoms with Crippen LogP contribution in [-0.4, -0.2) is 26.5 Å². The van der Waals surface area contributed by atoms with Gasteiger partial charge in [-0.05, 0) is 108 Å². The van der Waals surface area contributed by atoms with Gasteiger partial charge in [0.05, 0.1) is 6.10 Å². The summed E-state index contributed by atoms with van der Waals surface area (Å²) in [6.07, 6.45) is 7.40. The van der Waals surface area contributed by atoms with Crippen LogP contribution in [0.2, 0.25) is 0 Å². The minimum atomic E-state index is -0.107. The Morgan fingerprint density at radius 3 is 1.89 bits per heavy atom. The number of phenolic OH excluding ortho intramolecular Hbond substituents is 3. The summed E-state index contributed by atoms with van der Waals surface area (Å²) in [4.78, 5) is 0. The number of benzene rings is 6. The summed E-state index contributed by atoms with van der Waals surface area (Å²) in [6.45, 7) is 0. The smallest absolute Gasteiger partial charge is 0.123 e. The number of aliphatic hydroxyl groups excluding tert-OH is 1. The van der Waals surface area contributed by atoms with Crippen LogP contribution in [0.5, 0.6) is 17.2 Å². The number of hydrogen-bond acceptors (Lipinski definition) is 4. The van der Waals surface area contributed by atoms with Crippen molar-refractivity contribution in [3.63, 3.8) is 0 Å². The van der Waals surface area contributed by atoms with Crippen LogP contribution < -0.4 is 0 Å². The summed E-state index contributed by atoms with van der Waals surface area (Å²) in [5.41, 5.74) is 5.26. The molecule has 224 valence electrons. The highest BCUT2D eigenvalue weighted by molar-refractivity contribution is 5.87. The van der Waals surface area contributed by atoms with Gasteiger partial charge in [-0.2, -0.15) is 0 Å². The fourth-order valence-corrected chi connectivity index (χ4v) is 5.82. The number of phenols is 3. The van der Waals surface area contributed by atoms with Crippen molar-refractivity contribution in [2.45, 2.75) is 51.0 Å². The lowest BCUT2D eigenvalue weighted by molar-refractivity contribution is 0.158. The van der Waals surface area contributed by atoms with Crippen molar-refractivity contribution < 1.29 is 20.4 Å². The Hall–Kier alpha value is -4.80. The van der Waals surface area contributed by atoms with Crippen molar-refractivity contribution >= 4 is 21.5 Å². The first-order chi connectivity index (χ1) is 21.5. The number of rotatable bonds is 0. The van der Waals surface area contributed by atoms with E-state index in [1.54, 1.807) is 24.3 Å². The average Bonchev–Trinajstić information content (AvgIpc) is 3.06. The van der Waals surface area contributed by atoms with E-state index in [0.29, 0.717) is 17.2 Å². The summed E-state index contributed by atoms with van der Waals surface area (Å²) in [5, 5.41) is 41.5. The number of hydrogen-bond donors (Lipinski definition) is 4. The molecule has 44 heavy (non-hydrogen) atoms. The van der Waals surface area contributed by atoms with E-state index in [-0.39, 0.29) is 6.10 Å². The van der Waals surface area contributed by atoms with Crippen LogP contribution in [-0.2, 0) is 25.7 Å². The highest BCUT2D eigenvalue weighted by Gasteiger charge is 2.14. The van der Waals surface area contributed by atoms with Crippen LogP contribution in [0, 0.1) is 0 Å². The van der Waals surface area contributed by atoms with Gasteiger partial charge in [0.25, 0.3) is 0 Å². The quantitative estimate of drug-likeness (QED) is 0.144. The number of aryl methyl sites for hydroxylation is 2. The molecule has 0 fully saturated rings. The van der Waals surface area contributed by atoms with Crippen LogP contribution in [0.1, 0.15) is 41.5 Å². The van der Waals surface area contributed by atoms with Gasteiger partial charge in [0.1, 0.15) is 17.2 Å². The molecule has 0 aliphatic heterocycles. The molecule has 2 aliphatic rings. The van der Waals surface area contributed by atoms with E-state index < -0.39 is 0 Å². The van der Waals surface area contributed by atoms with Crippen molar-refractivity contribution in [3.8, 4) is 17.2 Å². The molecule has 0 saturated heterocycles. The van der Waals surface area contributed by atoms with Crippen LogP contribution in [0.4, 0.5) is 0 Å². The van der Waals surface area contributed by atoms with Crippen molar-refractivity contribution in [3.05, 3.63) is 150 Å². The molecule has 0 heterocycles. The molecule has 4 heteroatoms. The highest BCUT2D eigenvalue weighted by Crippen LogP contribution is 2.28. The fourth-order valence-electron chi connectivity index (χ4n) is 5.82. The molecule has 4 nitrogen and oxygen atoms in total. The number of aliphatic hydroxyl groups is 1. The van der Waals surface area contributed by atoms with Crippen LogP contribution in [0.15, 0.2) is 127 Å². The summed E-state index contributed by atoms with van der Waals surface area (Å²) < 4.78 is 0. The number of aromatic hydroxyl groups is 3. The Balaban J connectivity index is 0.000000116. The van der Waals surface area contributed by atoms with E-state index in [0.717, 1.165) is 53.6 Å². The second kappa shape index (κ2) is 15.1. The van der Waals surface area contributed by atoms with Gasteiger partial charge in [0.15, 0.2) is 0 Å². The first kappa shape index (κ1) is 30.7. The SMILES string of the molecule is OC1CCc2ccccc2C1.Oc1ccc2ccccc2c1.Oc1cccc2c1CCCC2.Oc1cccc2ccccc12. The molecule has 4 N–H and O–H groups in total. The normalized spacial score (nSPS) is 14.8. The van der Waals surface area contributed by atoms with Gasteiger partial charge in [0, 0.05) is 5.39 Å². The molecule has 6 aromatic carbocycles. The van der Waals surface area contributed by atoms with Gasteiger partial charge in [-0.1, -0.05) is 103 Å².